The van der Waals surface area contributed by atoms with Gasteiger partial charge in [-0.15, -0.1) is 22.7 Å². The summed E-state index contributed by atoms with van der Waals surface area (Å²) in [4.78, 5) is 28.3. The minimum atomic E-state index is -0.662. The number of rotatable bonds is 6. The van der Waals surface area contributed by atoms with E-state index >= 15 is 0 Å². The normalized spacial score (nSPS) is 10.2. The van der Waals surface area contributed by atoms with Crippen molar-refractivity contribution >= 4 is 39.6 Å². The highest BCUT2D eigenvalue weighted by molar-refractivity contribution is 7.14. The van der Waals surface area contributed by atoms with Crippen molar-refractivity contribution in [3.63, 3.8) is 0 Å². The Balaban J connectivity index is 1.57. The summed E-state index contributed by atoms with van der Waals surface area (Å²) in [5.41, 5.74) is 2.69. The first-order chi connectivity index (χ1) is 13.1. The number of nitriles is 1. The predicted molar refractivity (Wildman–Crippen MR) is 105 cm³/mol. The molecule has 3 rings (SSSR count). The second-order valence-corrected chi connectivity index (χ2v) is 7.26. The molecule has 2 heterocycles. The summed E-state index contributed by atoms with van der Waals surface area (Å²) in [5, 5.41) is 15.9. The fourth-order valence-corrected chi connectivity index (χ4v) is 3.79. The first-order valence-electron chi connectivity index (χ1n) is 8.10. The van der Waals surface area contributed by atoms with Crippen LogP contribution in [-0.2, 0) is 16.0 Å². The molecule has 0 radical (unpaired) electrons. The van der Waals surface area contributed by atoms with E-state index in [9.17, 15) is 9.59 Å². The summed E-state index contributed by atoms with van der Waals surface area (Å²) in [5.74, 6) is -1.17. The topological polar surface area (TPSA) is 92.1 Å². The molecule has 0 fully saturated rings. The molecular weight excluding hydrogens is 382 g/mol. The minimum absolute atomic E-state index is 0.163. The lowest BCUT2D eigenvalue weighted by Gasteiger charge is -2.04. The smallest absolute Gasteiger partial charge is 0.358 e. The van der Waals surface area contributed by atoms with Crippen LogP contribution in [0.1, 0.15) is 28.5 Å². The highest BCUT2D eigenvalue weighted by Gasteiger charge is 2.16. The first-order valence-corrected chi connectivity index (χ1v) is 9.86. The number of hydrogen-bond donors (Lipinski definition) is 1. The van der Waals surface area contributed by atoms with Crippen molar-refractivity contribution in [1.82, 2.24) is 4.98 Å². The van der Waals surface area contributed by atoms with Gasteiger partial charge in [0.25, 0.3) is 5.91 Å². The van der Waals surface area contributed by atoms with Gasteiger partial charge in [-0.25, -0.2) is 9.78 Å². The number of aryl methyl sites for hydroxylation is 1. The molecule has 0 aliphatic heterocycles. The SMILES string of the molecule is CCc1ccc(-c2nc(C(=O)OCC(=O)Nc3sccc3C#N)cs2)cc1. The van der Waals surface area contributed by atoms with Crippen molar-refractivity contribution in [3.8, 4) is 16.6 Å². The van der Waals surface area contributed by atoms with Crippen LogP contribution < -0.4 is 5.32 Å². The molecule has 0 unspecified atom stereocenters. The summed E-state index contributed by atoms with van der Waals surface area (Å²) in [6.07, 6.45) is 0.957. The number of esters is 1. The number of aromatic nitrogens is 1. The monoisotopic (exact) mass is 397 g/mol. The number of carbonyl (C=O) groups excluding carboxylic acids is 2. The Labute approximate surface area is 164 Å². The van der Waals surface area contributed by atoms with Crippen LogP contribution >= 0.6 is 22.7 Å². The molecule has 0 saturated heterocycles. The van der Waals surface area contributed by atoms with E-state index in [-0.39, 0.29) is 5.69 Å². The molecule has 0 aliphatic carbocycles. The van der Waals surface area contributed by atoms with Crippen LogP contribution in [-0.4, -0.2) is 23.5 Å². The molecule has 8 heteroatoms. The summed E-state index contributed by atoms with van der Waals surface area (Å²) >= 11 is 2.57. The fraction of sp³-hybridized carbons (Fsp3) is 0.158. The highest BCUT2D eigenvalue weighted by Crippen LogP contribution is 2.25. The minimum Gasteiger partial charge on any atom is -0.451 e. The van der Waals surface area contributed by atoms with E-state index in [2.05, 4.69) is 17.2 Å². The number of nitrogens with zero attached hydrogens (tertiary/aromatic N) is 2. The summed E-state index contributed by atoms with van der Waals surface area (Å²) in [6, 6.07) is 11.6. The molecular formula is C19H15N3O3S2. The molecule has 2 aromatic heterocycles. The molecule has 6 nitrogen and oxygen atoms in total. The van der Waals surface area contributed by atoms with Gasteiger partial charge >= 0.3 is 5.97 Å². The summed E-state index contributed by atoms with van der Waals surface area (Å²) in [7, 11) is 0. The molecule has 136 valence electrons. The molecule has 1 N–H and O–H groups in total. The Hall–Kier alpha value is -3.02. The van der Waals surface area contributed by atoms with E-state index in [0.29, 0.717) is 15.6 Å². The van der Waals surface area contributed by atoms with E-state index in [1.165, 1.54) is 28.2 Å². The van der Waals surface area contributed by atoms with Crippen LogP contribution in [0.25, 0.3) is 10.6 Å². The van der Waals surface area contributed by atoms with Gasteiger partial charge in [0.05, 0.1) is 5.56 Å². The number of thiophene rings is 1. The van der Waals surface area contributed by atoms with Crippen LogP contribution in [0.3, 0.4) is 0 Å². The molecule has 1 aromatic carbocycles. The second-order valence-electron chi connectivity index (χ2n) is 5.49. The van der Waals surface area contributed by atoms with Gasteiger partial charge in [0, 0.05) is 10.9 Å². The predicted octanol–water partition coefficient (Wildman–Crippen LogP) is 4.10. The zero-order valence-corrected chi connectivity index (χ0v) is 16.0. The third-order valence-corrected chi connectivity index (χ3v) is 5.42. The maximum atomic E-state index is 12.1. The average Bonchev–Trinajstić information content (AvgIpc) is 3.35. The number of anilines is 1. The third-order valence-electron chi connectivity index (χ3n) is 3.70. The highest BCUT2D eigenvalue weighted by atomic mass is 32.1. The second kappa shape index (κ2) is 8.58. The van der Waals surface area contributed by atoms with Crippen molar-refractivity contribution in [2.75, 3.05) is 11.9 Å². The quantitative estimate of drug-likeness (QED) is 0.632. The van der Waals surface area contributed by atoms with E-state index in [1.54, 1.807) is 16.8 Å². The Morgan fingerprint density at radius 3 is 2.70 bits per heavy atom. The maximum absolute atomic E-state index is 12.1. The van der Waals surface area contributed by atoms with Crippen LogP contribution in [0.2, 0.25) is 0 Å². The molecule has 3 aromatic rings. The summed E-state index contributed by atoms with van der Waals surface area (Å²) in [6.45, 7) is 1.64. The van der Waals surface area contributed by atoms with Crippen LogP contribution in [0.4, 0.5) is 5.00 Å². The largest absolute Gasteiger partial charge is 0.451 e. The molecule has 1 amide bonds. The number of ether oxygens (including phenoxy) is 1. The lowest BCUT2D eigenvalue weighted by atomic mass is 10.1. The molecule has 0 spiro atoms. The van der Waals surface area contributed by atoms with Gasteiger partial charge in [0.2, 0.25) is 0 Å². The number of benzene rings is 1. The first kappa shape index (κ1) is 18.8. The van der Waals surface area contributed by atoms with Gasteiger partial charge < -0.3 is 10.1 Å². The molecule has 0 aliphatic rings. The fourth-order valence-electron chi connectivity index (χ4n) is 2.24. The van der Waals surface area contributed by atoms with Gasteiger partial charge in [-0.3, -0.25) is 4.79 Å². The van der Waals surface area contributed by atoms with Crippen LogP contribution in [0.15, 0.2) is 41.1 Å². The lowest BCUT2D eigenvalue weighted by molar-refractivity contribution is -0.119. The Kier molecular flexibility index (Phi) is 5.96. The van der Waals surface area contributed by atoms with Crippen molar-refractivity contribution in [2.45, 2.75) is 13.3 Å². The molecule has 0 bridgehead atoms. The van der Waals surface area contributed by atoms with Gasteiger partial charge in [-0.2, -0.15) is 5.26 Å². The Morgan fingerprint density at radius 2 is 2.00 bits per heavy atom. The molecule has 27 heavy (non-hydrogen) atoms. The average molecular weight is 397 g/mol. The van der Waals surface area contributed by atoms with Gasteiger partial charge in [0.1, 0.15) is 16.1 Å². The third kappa shape index (κ3) is 4.58. The van der Waals surface area contributed by atoms with Crippen molar-refractivity contribution in [3.05, 3.63) is 57.9 Å². The number of thiazole rings is 1. The number of hydrogen-bond acceptors (Lipinski definition) is 7. The zero-order valence-electron chi connectivity index (χ0n) is 14.4. The summed E-state index contributed by atoms with van der Waals surface area (Å²) < 4.78 is 5.01. The van der Waals surface area contributed by atoms with Crippen molar-refractivity contribution in [1.29, 1.82) is 5.26 Å². The van der Waals surface area contributed by atoms with Crippen molar-refractivity contribution in [2.24, 2.45) is 0 Å². The van der Waals surface area contributed by atoms with E-state index < -0.39 is 18.5 Å². The maximum Gasteiger partial charge on any atom is 0.358 e. The number of carbonyl (C=O) groups is 2. The molecule has 0 atom stereocenters. The van der Waals surface area contributed by atoms with Crippen molar-refractivity contribution < 1.29 is 14.3 Å². The Morgan fingerprint density at radius 1 is 1.22 bits per heavy atom. The molecule has 0 saturated carbocycles. The number of nitrogens with one attached hydrogen (secondary N) is 1. The lowest BCUT2D eigenvalue weighted by Crippen LogP contribution is -2.21. The zero-order chi connectivity index (χ0) is 19.2. The van der Waals surface area contributed by atoms with Crippen LogP contribution in [0.5, 0.6) is 0 Å². The Bertz CT molecular complexity index is 1000. The van der Waals surface area contributed by atoms with Gasteiger partial charge in [0.15, 0.2) is 12.3 Å². The van der Waals surface area contributed by atoms with Gasteiger partial charge in [-0.05, 0) is 23.4 Å². The van der Waals surface area contributed by atoms with Gasteiger partial charge in [-0.1, -0.05) is 31.2 Å². The van der Waals surface area contributed by atoms with E-state index in [4.69, 9.17) is 10.00 Å². The number of amides is 1. The standard InChI is InChI=1S/C19H15N3O3S2/c1-2-12-3-5-13(6-4-12)17-21-15(11-27-17)19(24)25-10-16(23)22-18-14(9-20)7-8-26-18/h3-8,11H,2,10H2,1H3,(H,22,23). The van der Waals surface area contributed by atoms with E-state index in [1.807, 2.05) is 30.3 Å². The van der Waals surface area contributed by atoms with E-state index in [0.717, 1.165) is 12.0 Å². The van der Waals surface area contributed by atoms with Crippen LogP contribution in [0, 0.1) is 11.3 Å².